The third kappa shape index (κ3) is 2.53. The minimum atomic E-state index is -0.710. The van der Waals surface area contributed by atoms with E-state index in [2.05, 4.69) is 0 Å². The van der Waals surface area contributed by atoms with Gasteiger partial charge in [-0.2, -0.15) is 0 Å². The third-order valence-corrected chi connectivity index (χ3v) is 3.15. The van der Waals surface area contributed by atoms with Crippen LogP contribution in [0.15, 0.2) is 24.3 Å². The van der Waals surface area contributed by atoms with Crippen molar-refractivity contribution in [2.24, 2.45) is 5.92 Å². The highest BCUT2D eigenvalue weighted by Crippen LogP contribution is 2.48. The molecule has 0 amide bonds. The van der Waals surface area contributed by atoms with Crippen molar-refractivity contribution in [3.63, 3.8) is 0 Å². The van der Waals surface area contributed by atoms with E-state index in [9.17, 15) is 9.59 Å². The van der Waals surface area contributed by atoms with E-state index in [-0.39, 0.29) is 18.4 Å². The van der Waals surface area contributed by atoms with Crippen molar-refractivity contribution in [1.29, 1.82) is 0 Å². The average Bonchev–Trinajstić information content (AvgIpc) is 3.18. The summed E-state index contributed by atoms with van der Waals surface area (Å²) in [5.41, 5.74) is 1.07. The van der Waals surface area contributed by atoms with E-state index in [4.69, 9.17) is 9.47 Å². The largest absolute Gasteiger partial charge is 0.497 e. The highest BCUT2D eigenvalue weighted by Gasteiger charge is 2.46. The smallest absolute Gasteiger partial charge is 0.374 e. The molecule has 4 nitrogen and oxygen atoms in total. The normalized spacial score (nSPS) is 21.2. The van der Waals surface area contributed by atoms with Gasteiger partial charge in [0.1, 0.15) is 5.75 Å². The molecule has 18 heavy (non-hydrogen) atoms. The fourth-order valence-electron chi connectivity index (χ4n) is 2.06. The van der Waals surface area contributed by atoms with Crippen LogP contribution in [-0.4, -0.2) is 25.5 Å². The van der Waals surface area contributed by atoms with Gasteiger partial charge >= 0.3 is 5.97 Å². The molecule has 1 fully saturated rings. The summed E-state index contributed by atoms with van der Waals surface area (Å²) in [4.78, 5) is 23.0. The lowest BCUT2D eigenvalue weighted by molar-refractivity contribution is -0.154. The van der Waals surface area contributed by atoms with E-state index in [0.717, 1.165) is 17.7 Å². The molecule has 2 rings (SSSR count). The molecule has 0 aromatic heterocycles. The Balaban J connectivity index is 1.97. The molecular formula is C14H16O4. The zero-order chi connectivity index (χ0) is 13.1. The second kappa shape index (κ2) is 5.21. The predicted octanol–water partition coefficient (Wildman–Crippen LogP) is 1.93. The van der Waals surface area contributed by atoms with Crippen LogP contribution in [0.4, 0.5) is 0 Å². The van der Waals surface area contributed by atoms with Gasteiger partial charge in [-0.1, -0.05) is 12.1 Å². The topological polar surface area (TPSA) is 52.6 Å². The van der Waals surface area contributed by atoms with E-state index < -0.39 is 11.8 Å². The number of ether oxygens (including phenoxy) is 2. The number of hydrogen-bond acceptors (Lipinski definition) is 4. The van der Waals surface area contributed by atoms with Crippen LogP contribution in [0.1, 0.15) is 24.8 Å². The van der Waals surface area contributed by atoms with E-state index in [1.165, 1.54) is 0 Å². The summed E-state index contributed by atoms with van der Waals surface area (Å²) in [6.45, 7) is 1.93. The highest BCUT2D eigenvalue weighted by molar-refractivity contribution is 6.35. The van der Waals surface area contributed by atoms with Gasteiger partial charge in [0.15, 0.2) is 0 Å². The maximum atomic E-state index is 11.7. The minimum absolute atomic E-state index is 0.146. The van der Waals surface area contributed by atoms with Gasteiger partial charge in [-0.25, -0.2) is 4.79 Å². The quantitative estimate of drug-likeness (QED) is 0.590. The molecule has 0 radical (unpaired) electrons. The summed E-state index contributed by atoms with van der Waals surface area (Å²) in [5.74, 6) is -0.394. The van der Waals surface area contributed by atoms with Crippen molar-refractivity contribution in [1.82, 2.24) is 0 Å². The molecule has 1 saturated carbocycles. The highest BCUT2D eigenvalue weighted by atomic mass is 16.5. The maximum Gasteiger partial charge on any atom is 0.374 e. The second-order valence-corrected chi connectivity index (χ2v) is 4.31. The van der Waals surface area contributed by atoms with Crippen molar-refractivity contribution in [3.8, 4) is 5.75 Å². The number of esters is 1. The summed E-state index contributed by atoms with van der Waals surface area (Å²) < 4.78 is 9.79. The SMILES string of the molecule is CCOC(=O)C(=O)C1C[C@H]1c1ccc(OC)cc1. The Bertz CT molecular complexity index is 449. The van der Waals surface area contributed by atoms with Crippen LogP contribution < -0.4 is 4.74 Å². The lowest BCUT2D eigenvalue weighted by Gasteiger charge is -2.03. The maximum absolute atomic E-state index is 11.7. The molecule has 1 aromatic carbocycles. The second-order valence-electron chi connectivity index (χ2n) is 4.31. The molecule has 1 aliphatic rings. The Labute approximate surface area is 106 Å². The number of rotatable bonds is 5. The van der Waals surface area contributed by atoms with Gasteiger partial charge in [-0.05, 0) is 37.0 Å². The summed E-state index contributed by atoms with van der Waals surface area (Å²) in [6, 6.07) is 7.59. The summed E-state index contributed by atoms with van der Waals surface area (Å²) in [5, 5.41) is 0. The molecule has 1 aliphatic carbocycles. The monoisotopic (exact) mass is 248 g/mol. The minimum Gasteiger partial charge on any atom is -0.497 e. The fraction of sp³-hybridized carbons (Fsp3) is 0.429. The first-order chi connectivity index (χ1) is 8.67. The Kier molecular flexibility index (Phi) is 3.65. The van der Waals surface area contributed by atoms with Crippen molar-refractivity contribution in [2.75, 3.05) is 13.7 Å². The number of carbonyl (C=O) groups excluding carboxylic acids is 2. The molecule has 4 heteroatoms. The van der Waals surface area contributed by atoms with Gasteiger partial charge in [0, 0.05) is 5.92 Å². The number of Topliss-reactive ketones (excluding diaryl/α,β-unsaturated/α-hetero) is 1. The van der Waals surface area contributed by atoms with Crippen molar-refractivity contribution in [3.05, 3.63) is 29.8 Å². The Morgan fingerprint density at radius 1 is 1.28 bits per heavy atom. The zero-order valence-corrected chi connectivity index (χ0v) is 10.5. The number of methoxy groups -OCH3 is 1. The Morgan fingerprint density at radius 3 is 2.50 bits per heavy atom. The third-order valence-electron chi connectivity index (χ3n) is 3.15. The van der Waals surface area contributed by atoms with Crippen LogP contribution in [0.5, 0.6) is 5.75 Å². The standard InChI is InChI=1S/C14H16O4/c1-3-18-14(16)13(15)12-8-11(12)9-4-6-10(17-2)7-5-9/h4-7,11-12H,3,8H2,1-2H3/t11-,12?/m0/s1. The number of ketones is 1. The van der Waals surface area contributed by atoms with Crippen LogP contribution in [0.2, 0.25) is 0 Å². The van der Waals surface area contributed by atoms with Gasteiger partial charge in [0.25, 0.3) is 0 Å². The molecule has 1 unspecified atom stereocenters. The summed E-state index contributed by atoms with van der Waals surface area (Å²) in [7, 11) is 1.61. The van der Waals surface area contributed by atoms with Gasteiger partial charge < -0.3 is 9.47 Å². The van der Waals surface area contributed by atoms with Gasteiger partial charge in [-0.3, -0.25) is 4.79 Å². The number of benzene rings is 1. The fourth-order valence-corrected chi connectivity index (χ4v) is 2.06. The molecule has 0 saturated heterocycles. The van der Waals surface area contributed by atoms with E-state index in [1.807, 2.05) is 24.3 Å². The van der Waals surface area contributed by atoms with Crippen LogP contribution in [0, 0.1) is 5.92 Å². The van der Waals surface area contributed by atoms with Gasteiger partial charge in [0.2, 0.25) is 5.78 Å². The van der Waals surface area contributed by atoms with Crippen molar-refractivity contribution >= 4 is 11.8 Å². The average molecular weight is 248 g/mol. The summed E-state index contributed by atoms with van der Waals surface area (Å²) in [6.07, 6.45) is 0.726. The molecule has 0 spiro atoms. The Morgan fingerprint density at radius 2 is 1.94 bits per heavy atom. The lowest BCUT2D eigenvalue weighted by Crippen LogP contribution is -2.19. The zero-order valence-electron chi connectivity index (χ0n) is 10.5. The van der Waals surface area contributed by atoms with Crippen LogP contribution in [0.3, 0.4) is 0 Å². The molecular weight excluding hydrogens is 232 g/mol. The van der Waals surface area contributed by atoms with E-state index >= 15 is 0 Å². The molecule has 0 heterocycles. The van der Waals surface area contributed by atoms with Gasteiger partial charge in [-0.15, -0.1) is 0 Å². The molecule has 1 aromatic rings. The first-order valence-corrected chi connectivity index (χ1v) is 6.02. The molecule has 2 atom stereocenters. The molecule has 0 N–H and O–H groups in total. The first kappa shape index (κ1) is 12.6. The molecule has 0 bridgehead atoms. The number of hydrogen-bond donors (Lipinski definition) is 0. The predicted molar refractivity (Wildman–Crippen MR) is 65.5 cm³/mol. The molecule has 0 aliphatic heterocycles. The first-order valence-electron chi connectivity index (χ1n) is 6.02. The van der Waals surface area contributed by atoms with Crippen molar-refractivity contribution in [2.45, 2.75) is 19.3 Å². The van der Waals surface area contributed by atoms with E-state index in [1.54, 1.807) is 14.0 Å². The summed E-state index contributed by atoms with van der Waals surface area (Å²) >= 11 is 0. The number of carbonyl (C=O) groups is 2. The van der Waals surface area contributed by atoms with E-state index in [0.29, 0.717) is 0 Å². The van der Waals surface area contributed by atoms with Crippen LogP contribution >= 0.6 is 0 Å². The van der Waals surface area contributed by atoms with Gasteiger partial charge in [0.05, 0.1) is 13.7 Å². The lowest BCUT2D eigenvalue weighted by atomic mass is 10.1. The van der Waals surface area contributed by atoms with Crippen LogP contribution in [0.25, 0.3) is 0 Å². The van der Waals surface area contributed by atoms with Crippen LogP contribution in [-0.2, 0) is 14.3 Å². The van der Waals surface area contributed by atoms with Crippen molar-refractivity contribution < 1.29 is 19.1 Å². The Hall–Kier alpha value is -1.84. The molecule has 96 valence electrons.